The molecule has 0 radical (unpaired) electrons. The highest BCUT2D eigenvalue weighted by Crippen LogP contribution is 2.52. The second kappa shape index (κ2) is 6.27. The standard InChI is InChI=1S/C22H19N3O2S/c1-12-7-9-13(10-8-12)15-11-16-19(28-22(23)24-16)18-17(15)20(26)25(21(18)27)14-5-3-2-4-6-14/h2-10,15,17-18H,11H2,1H3,(H2,23,24)/t15-,17+,18+/m0/s1. The first-order chi connectivity index (χ1) is 13.5. The van der Waals surface area contributed by atoms with E-state index in [0.29, 0.717) is 17.2 Å². The van der Waals surface area contributed by atoms with Gasteiger partial charge in [0.05, 0.1) is 23.2 Å². The minimum absolute atomic E-state index is 0.0928. The van der Waals surface area contributed by atoms with Crippen LogP contribution in [-0.2, 0) is 16.0 Å². The predicted molar refractivity (Wildman–Crippen MR) is 109 cm³/mol. The molecular formula is C22H19N3O2S. The van der Waals surface area contributed by atoms with Gasteiger partial charge < -0.3 is 5.73 Å². The van der Waals surface area contributed by atoms with Crippen LogP contribution in [0.25, 0.3) is 0 Å². The summed E-state index contributed by atoms with van der Waals surface area (Å²) in [5.74, 6) is -1.35. The largest absolute Gasteiger partial charge is 0.375 e. The molecule has 6 heteroatoms. The summed E-state index contributed by atoms with van der Waals surface area (Å²) < 4.78 is 0. The molecule has 1 saturated heterocycles. The summed E-state index contributed by atoms with van der Waals surface area (Å²) in [5, 5.41) is 0.451. The number of rotatable bonds is 2. The molecule has 1 aromatic heterocycles. The molecule has 3 aromatic rings. The number of fused-ring (bicyclic) bond motifs is 3. The molecular weight excluding hydrogens is 370 g/mol. The van der Waals surface area contributed by atoms with E-state index in [-0.39, 0.29) is 17.7 Å². The summed E-state index contributed by atoms with van der Waals surface area (Å²) in [7, 11) is 0. The smallest absolute Gasteiger partial charge is 0.243 e. The Morgan fingerprint density at radius 1 is 1.04 bits per heavy atom. The number of anilines is 2. The lowest BCUT2D eigenvalue weighted by molar-refractivity contribution is -0.122. The number of aryl methyl sites for hydroxylation is 1. The molecule has 2 heterocycles. The first-order valence-electron chi connectivity index (χ1n) is 9.29. The number of thiazole rings is 1. The molecule has 2 N–H and O–H groups in total. The van der Waals surface area contributed by atoms with Crippen molar-refractivity contribution in [1.29, 1.82) is 0 Å². The van der Waals surface area contributed by atoms with Crippen molar-refractivity contribution in [2.45, 2.75) is 25.2 Å². The SMILES string of the molecule is Cc1ccc([C@@H]2Cc3nc(N)sc3[C@@H]3C(=O)N(c4ccccc4)C(=O)[C@H]23)cc1. The number of nitrogens with two attached hydrogens (primary N) is 1. The first-order valence-corrected chi connectivity index (χ1v) is 10.1. The van der Waals surface area contributed by atoms with Gasteiger partial charge in [0, 0.05) is 10.8 Å². The normalized spacial score (nSPS) is 23.6. The highest BCUT2D eigenvalue weighted by Gasteiger charge is 2.56. The number of hydrogen-bond donors (Lipinski definition) is 1. The third kappa shape index (κ3) is 2.48. The van der Waals surface area contributed by atoms with Crippen LogP contribution in [0.15, 0.2) is 54.6 Å². The van der Waals surface area contributed by atoms with E-state index < -0.39 is 11.8 Å². The van der Waals surface area contributed by atoms with Crippen molar-refractivity contribution >= 4 is 34.0 Å². The average Bonchev–Trinajstić information content (AvgIpc) is 3.19. The Bertz CT molecular complexity index is 1070. The maximum atomic E-state index is 13.5. The predicted octanol–water partition coefficient (Wildman–Crippen LogP) is 3.65. The van der Waals surface area contributed by atoms with E-state index in [4.69, 9.17) is 5.73 Å². The molecule has 1 aliphatic heterocycles. The Morgan fingerprint density at radius 3 is 2.46 bits per heavy atom. The van der Waals surface area contributed by atoms with Crippen molar-refractivity contribution in [2.24, 2.45) is 5.92 Å². The van der Waals surface area contributed by atoms with Crippen molar-refractivity contribution in [1.82, 2.24) is 4.98 Å². The van der Waals surface area contributed by atoms with E-state index in [1.165, 1.54) is 16.2 Å². The van der Waals surface area contributed by atoms with Gasteiger partial charge in [0.1, 0.15) is 0 Å². The van der Waals surface area contributed by atoms with Crippen molar-refractivity contribution in [2.75, 3.05) is 10.6 Å². The quantitative estimate of drug-likeness (QED) is 0.679. The van der Waals surface area contributed by atoms with Gasteiger partial charge in [0.25, 0.3) is 0 Å². The summed E-state index contributed by atoms with van der Waals surface area (Å²) in [6, 6.07) is 17.4. The highest BCUT2D eigenvalue weighted by molar-refractivity contribution is 7.15. The highest BCUT2D eigenvalue weighted by atomic mass is 32.1. The van der Waals surface area contributed by atoms with Crippen LogP contribution in [0.3, 0.4) is 0 Å². The summed E-state index contributed by atoms with van der Waals surface area (Å²) in [6.45, 7) is 2.04. The van der Waals surface area contributed by atoms with Crippen LogP contribution in [0.1, 0.15) is 33.5 Å². The molecule has 2 aromatic carbocycles. The lowest BCUT2D eigenvalue weighted by Gasteiger charge is -2.30. The van der Waals surface area contributed by atoms with Gasteiger partial charge in [-0.2, -0.15) is 0 Å². The van der Waals surface area contributed by atoms with Crippen LogP contribution in [0.5, 0.6) is 0 Å². The van der Waals surface area contributed by atoms with Gasteiger partial charge >= 0.3 is 0 Å². The van der Waals surface area contributed by atoms with Crippen molar-refractivity contribution in [3.63, 3.8) is 0 Å². The van der Waals surface area contributed by atoms with E-state index in [9.17, 15) is 9.59 Å². The van der Waals surface area contributed by atoms with E-state index in [2.05, 4.69) is 17.1 Å². The molecule has 5 nitrogen and oxygen atoms in total. The minimum Gasteiger partial charge on any atom is -0.375 e. The Balaban J connectivity index is 1.66. The maximum Gasteiger partial charge on any atom is 0.243 e. The van der Waals surface area contributed by atoms with Gasteiger partial charge in [-0.05, 0) is 31.0 Å². The number of nitrogens with zero attached hydrogens (tertiary/aromatic N) is 2. The average molecular weight is 389 g/mol. The molecule has 2 amide bonds. The Morgan fingerprint density at radius 2 is 1.75 bits per heavy atom. The molecule has 1 aliphatic carbocycles. The monoisotopic (exact) mass is 389 g/mol. The summed E-state index contributed by atoms with van der Waals surface area (Å²) in [4.78, 5) is 33.5. The molecule has 0 saturated carbocycles. The first kappa shape index (κ1) is 17.1. The van der Waals surface area contributed by atoms with Crippen molar-refractivity contribution in [3.8, 4) is 0 Å². The molecule has 2 aliphatic rings. The number of carbonyl (C=O) groups is 2. The number of nitrogen functional groups attached to an aromatic ring is 1. The molecule has 1 fully saturated rings. The zero-order valence-electron chi connectivity index (χ0n) is 15.3. The van der Waals surface area contributed by atoms with Gasteiger partial charge in [0.2, 0.25) is 11.8 Å². The van der Waals surface area contributed by atoms with E-state index in [1.807, 2.05) is 37.3 Å². The van der Waals surface area contributed by atoms with E-state index in [1.54, 1.807) is 12.1 Å². The topological polar surface area (TPSA) is 76.3 Å². The minimum atomic E-state index is -0.516. The number of para-hydroxylation sites is 1. The molecule has 0 spiro atoms. The Kier molecular flexibility index (Phi) is 3.84. The molecule has 0 unspecified atom stereocenters. The summed E-state index contributed by atoms with van der Waals surface area (Å²) >= 11 is 1.34. The van der Waals surface area contributed by atoms with E-state index >= 15 is 0 Å². The van der Waals surface area contributed by atoms with Crippen LogP contribution in [0.2, 0.25) is 0 Å². The van der Waals surface area contributed by atoms with Gasteiger partial charge in [-0.1, -0.05) is 48.0 Å². The second-order valence-electron chi connectivity index (χ2n) is 7.44. The van der Waals surface area contributed by atoms with Crippen LogP contribution < -0.4 is 10.6 Å². The molecule has 0 bridgehead atoms. The number of amides is 2. The second-order valence-corrected chi connectivity index (χ2v) is 8.50. The lowest BCUT2D eigenvalue weighted by atomic mass is 9.72. The number of carbonyl (C=O) groups excluding carboxylic acids is 2. The fraction of sp³-hybridized carbons (Fsp3) is 0.227. The number of benzene rings is 2. The zero-order chi connectivity index (χ0) is 19.4. The number of hydrogen-bond acceptors (Lipinski definition) is 5. The third-order valence-corrected chi connectivity index (χ3v) is 6.75. The van der Waals surface area contributed by atoms with Gasteiger partial charge in [0.15, 0.2) is 5.13 Å². The van der Waals surface area contributed by atoms with Gasteiger partial charge in [-0.3, -0.25) is 9.59 Å². The summed E-state index contributed by atoms with van der Waals surface area (Å²) in [5.41, 5.74) is 9.67. The van der Waals surface area contributed by atoms with Crippen molar-refractivity contribution in [3.05, 3.63) is 76.3 Å². The lowest BCUT2D eigenvalue weighted by Crippen LogP contribution is -2.32. The maximum absolute atomic E-state index is 13.5. The van der Waals surface area contributed by atoms with Crippen LogP contribution >= 0.6 is 11.3 Å². The van der Waals surface area contributed by atoms with Crippen LogP contribution in [0, 0.1) is 12.8 Å². The van der Waals surface area contributed by atoms with Crippen molar-refractivity contribution < 1.29 is 9.59 Å². The zero-order valence-corrected chi connectivity index (χ0v) is 16.1. The number of aromatic nitrogens is 1. The molecule has 140 valence electrons. The van der Waals surface area contributed by atoms with E-state index in [0.717, 1.165) is 21.7 Å². The number of imide groups is 1. The molecule has 3 atom stereocenters. The fourth-order valence-electron chi connectivity index (χ4n) is 4.45. The van der Waals surface area contributed by atoms with Gasteiger partial charge in [-0.15, -0.1) is 11.3 Å². The summed E-state index contributed by atoms with van der Waals surface area (Å²) in [6.07, 6.45) is 0.620. The third-order valence-electron chi connectivity index (χ3n) is 5.74. The van der Waals surface area contributed by atoms with Gasteiger partial charge in [-0.25, -0.2) is 9.88 Å². The Labute approximate surface area is 166 Å². The fourth-order valence-corrected chi connectivity index (χ4v) is 5.45. The molecule has 28 heavy (non-hydrogen) atoms. The molecule has 5 rings (SSSR count). The van der Waals surface area contributed by atoms with Crippen LogP contribution in [0.4, 0.5) is 10.8 Å². The van der Waals surface area contributed by atoms with Crippen LogP contribution in [-0.4, -0.2) is 16.8 Å². The Hall–Kier alpha value is -2.99.